The molecule has 0 unspecified atom stereocenters. The van der Waals surface area contributed by atoms with E-state index in [9.17, 15) is 32.3 Å². The van der Waals surface area contributed by atoms with Crippen molar-refractivity contribution in [2.24, 2.45) is 5.92 Å². The van der Waals surface area contributed by atoms with Crippen LogP contribution in [0, 0.1) is 12.8 Å². The molecule has 4 fully saturated rings. The molecule has 3 aromatic carbocycles. The molecule has 4 amide bonds. The molecular formula is C55H69ClF3N7O7. The van der Waals surface area contributed by atoms with Crippen LogP contribution in [0.25, 0.3) is 10.9 Å². The number of methoxy groups -OCH3 is 1. The molecule has 4 aromatic rings. The number of fused-ring (bicyclic) bond motifs is 1. The SMILES string of the molecule is COc1cc2nc(C)cc(N[C@H](C)c3cc(C(=O)OC(C)(C)C)cc(C(F)(F)F)c3)c2cc1C1CCC(C(=O)N2CCN(CCCOC3CCN(C(=O)c4ccc(Cl)c(N5CCCNC5=O)c4)CC3)CC2)CC1. The molecule has 3 aliphatic heterocycles. The number of hydrogen-bond donors (Lipinski definition) is 2. The Bertz CT molecular complexity index is 2660. The number of hydrogen-bond acceptors (Lipinski definition) is 10. The van der Waals surface area contributed by atoms with Gasteiger partial charge in [0.2, 0.25) is 5.91 Å². The lowest BCUT2D eigenvalue weighted by molar-refractivity contribution is -0.139. The Morgan fingerprint density at radius 1 is 0.877 bits per heavy atom. The number of carbonyl (C=O) groups excluding carboxylic acids is 4. The summed E-state index contributed by atoms with van der Waals surface area (Å²) in [6.45, 7) is 15.5. The van der Waals surface area contributed by atoms with Crippen LogP contribution in [0.5, 0.6) is 5.75 Å². The van der Waals surface area contributed by atoms with Crippen LogP contribution in [0.1, 0.15) is 134 Å². The molecule has 1 atom stereocenters. The molecule has 0 bridgehead atoms. The number of rotatable bonds is 14. The summed E-state index contributed by atoms with van der Waals surface area (Å²) >= 11 is 6.44. The summed E-state index contributed by atoms with van der Waals surface area (Å²) in [5, 5.41) is 7.49. The summed E-state index contributed by atoms with van der Waals surface area (Å²) in [7, 11) is 1.63. The van der Waals surface area contributed by atoms with Crippen LogP contribution < -0.4 is 20.3 Å². The van der Waals surface area contributed by atoms with E-state index in [4.69, 9.17) is 30.8 Å². The van der Waals surface area contributed by atoms with E-state index >= 15 is 0 Å². The van der Waals surface area contributed by atoms with Gasteiger partial charge < -0.3 is 34.6 Å². The van der Waals surface area contributed by atoms with Gasteiger partial charge in [0.15, 0.2) is 0 Å². The molecule has 1 aliphatic carbocycles. The fourth-order valence-electron chi connectivity index (χ4n) is 10.6. The van der Waals surface area contributed by atoms with E-state index in [-0.39, 0.29) is 46.9 Å². The van der Waals surface area contributed by atoms with E-state index in [1.165, 1.54) is 6.07 Å². The first kappa shape index (κ1) is 53.6. The molecule has 3 saturated heterocycles. The average molecular weight is 1030 g/mol. The monoisotopic (exact) mass is 1030 g/mol. The molecule has 14 nitrogen and oxygen atoms in total. The zero-order valence-electron chi connectivity index (χ0n) is 42.8. The van der Waals surface area contributed by atoms with Gasteiger partial charge in [0, 0.05) is 106 Å². The van der Waals surface area contributed by atoms with Crippen molar-refractivity contribution >= 4 is 57.7 Å². The van der Waals surface area contributed by atoms with Crippen molar-refractivity contribution in [3.05, 3.63) is 93.1 Å². The quantitative estimate of drug-likeness (QED) is 0.0925. The van der Waals surface area contributed by atoms with Gasteiger partial charge in [-0.25, -0.2) is 9.59 Å². The third-order valence-electron chi connectivity index (χ3n) is 14.5. The highest BCUT2D eigenvalue weighted by Gasteiger charge is 2.35. The maximum atomic E-state index is 14.1. The van der Waals surface area contributed by atoms with Crippen molar-refractivity contribution in [3.8, 4) is 5.75 Å². The Labute approximate surface area is 431 Å². The van der Waals surface area contributed by atoms with Crippen LogP contribution in [0.3, 0.4) is 0 Å². The summed E-state index contributed by atoms with van der Waals surface area (Å²) in [4.78, 5) is 65.4. The van der Waals surface area contributed by atoms with E-state index in [1.807, 2.05) is 28.9 Å². The second-order valence-electron chi connectivity index (χ2n) is 21.0. The van der Waals surface area contributed by atoms with E-state index < -0.39 is 29.4 Å². The number of ether oxygens (including phenoxy) is 3. The number of amides is 4. The predicted octanol–water partition coefficient (Wildman–Crippen LogP) is 10.4. The first-order valence-corrected chi connectivity index (χ1v) is 26.1. The number of aryl methyl sites for hydroxylation is 1. The van der Waals surface area contributed by atoms with Crippen LogP contribution in [0.4, 0.5) is 29.3 Å². The number of likely N-dealkylation sites (tertiary alicyclic amines) is 1. The van der Waals surface area contributed by atoms with Crippen molar-refractivity contribution in [2.45, 2.75) is 116 Å². The van der Waals surface area contributed by atoms with Gasteiger partial charge in [-0.3, -0.25) is 24.4 Å². The number of alkyl halides is 3. The van der Waals surface area contributed by atoms with E-state index in [0.29, 0.717) is 84.8 Å². The third-order valence-corrected chi connectivity index (χ3v) is 14.9. The second-order valence-corrected chi connectivity index (χ2v) is 21.4. The summed E-state index contributed by atoms with van der Waals surface area (Å²) in [6.07, 6.45) is 1.70. The Morgan fingerprint density at radius 2 is 1.60 bits per heavy atom. The molecule has 2 N–H and O–H groups in total. The fraction of sp³-hybridized carbons (Fsp3) is 0.545. The molecule has 73 heavy (non-hydrogen) atoms. The molecule has 4 aliphatic rings. The standard InChI is InChI=1S/C55H69ClF3N7O7/c1-34-27-46(62-35(2)39-28-40(52(69)73-54(3,4)5)30-41(29-39)55(57,58)59)44-32-43(49(71-6)33-47(44)61-34)36-9-11-37(12-10-36)50(67)65-24-22-63(23-25-65)18-8-26-72-42-15-20-64(21-16-42)51(68)38-13-14-45(56)48(31-38)66-19-7-17-60-53(66)70/h13-14,27-33,35-37,42H,7-12,15-26H2,1-6H3,(H,60,70)(H,61,62)/t35-,36?,37?/m1/s1. The van der Waals surface area contributed by atoms with Crippen molar-refractivity contribution in [1.29, 1.82) is 0 Å². The molecule has 0 radical (unpaired) electrons. The summed E-state index contributed by atoms with van der Waals surface area (Å²) in [6, 6.07) is 13.5. The van der Waals surface area contributed by atoms with Crippen molar-refractivity contribution < 1.29 is 46.6 Å². The van der Waals surface area contributed by atoms with Crippen LogP contribution in [0.2, 0.25) is 5.02 Å². The molecule has 1 saturated carbocycles. The highest BCUT2D eigenvalue weighted by atomic mass is 35.5. The molecule has 1 aromatic heterocycles. The molecule has 394 valence electrons. The number of piperazine rings is 1. The number of piperidine rings is 1. The number of urea groups is 1. The number of halogens is 4. The van der Waals surface area contributed by atoms with Crippen molar-refractivity contribution in [3.63, 3.8) is 0 Å². The minimum atomic E-state index is -4.68. The number of nitrogens with one attached hydrogen (secondary N) is 2. The van der Waals surface area contributed by atoms with Gasteiger partial charge in [0.1, 0.15) is 11.4 Å². The van der Waals surface area contributed by atoms with Gasteiger partial charge in [-0.2, -0.15) is 13.2 Å². The number of benzene rings is 3. The number of esters is 1. The highest BCUT2D eigenvalue weighted by Crippen LogP contribution is 2.43. The number of pyridine rings is 1. The number of carbonyl (C=O) groups is 4. The largest absolute Gasteiger partial charge is 0.496 e. The number of anilines is 2. The zero-order chi connectivity index (χ0) is 52.2. The first-order chi connectivity index (χ1) is 34.7. The van der Waals surface area contributed by atoms with E-state index in [2.05, 4.69) is 21.6 Å². The average Bonchev–Trinajstić information content (AvgIpc) is 3.36. The van der Waals surface area contributed by atoms with Gasteiger partial charge in [0.05, 0.1) is 40.6 Å². The summed E-state index contributed by atoms with van der Waals surface area (Å²) < 4.78 is 60.0. The van der Waals surface area contributed by atoms with Gasteiger partial charge >= 0.3 is 18.2 Å². The summed E-state index contributed by atoms with van der Waals surface area (Å²) in [5.74, 6) is 0.0793. The Morgan fingerprint density at radius 3 is 2.27 bits per heavy atom. The smallest absolute Gasteiger partial charge is 0.416 e. The first-order valence-electron chi connectivity index (χ1n) is 25.7. The maximum Gasteiger partial charge on any atom is 0.416 e. The fourth-order valence-corrected chi connectivity index (χ4v) is 10.8. The van der Waals surface area contributed by atoms with Gasteiger partial charge in [-0.15, -0.1) is 0 Å². The zero-order valence-corrected chi connectivity index (χ0v) is 43.6. The topological polar surface area (TPSA) is 146 Å². The Hall–Kier alpha value is -5.65. The predicted molar refractivity (Wildman–Crippen MR) is 276 cm³/mol. The van der Waals surface area contributed by atoms with Crippen molar-refractivity contribution in [2.75, 3.05) is 82.8 Å². The van der Waals surface area contributed by atoms with Crippen LogP contribution in [0.15, 0.2) is 54.6 Å². The van der Waals surface area contributed by atoms with Gasteiger partial charge in [-0.05, 0) is 152 Å². The van der Waals surface area contributed by atoms with E-state index in [1.54, 1.807) is 57.9 Å². The molecule has 0 spiro atoms. The lowest BCUT2D eigenvalue weighted by Crippen LogP contribution is -2.50. The number of nitrogens with zero attached hydrogens (tertiary/aromatic N) is 5. The lowest BCUT2D eigenvalue weighted by Gasteiger charge is -2.38. The summed E-state index contributed by atoms with van der Waals surface area (Å²) in [5.41, 5.74) is 2.42. The molecular weight excluding hydrogens is 963 g/mol. The Kier molecular flexibility index (Phi) is 16.8. The molecule has 4 heterocycles. The third kappa shape index (κ3) is 13.2. The highest BCUT2D eigenvalue weighted by molar-refractivity contribution is 6.34. The molecule has 18 heteroatoms. The normalized spacial score (nSPS) is 19.9. The van der Waals surface area contributed by atoms with Crippen molar-refractivity contribution in [1.82, 2.24) is 25.0 Å². The maximum absolute atomic E-state index is 14.1. The lowest BCUT2D eigenvalue weighted by atomic mass is 9.77. The number of aromatic nitrogens is 1. The molecule has 8 rings (SSSR count). The Balaban J connectivity index is 0.796. The minimum absolute atomic E-state index is 0.0590. The van der Waals surface area contributed by atoms with Gasteiger partial charge in [-0.1, -0.05) is 11.6 Å². The van der Waals surface area contributed by atoms with Crippen LogP contribution in [-0.2, 0) is 20.4 Å². The van der Waals surface area contributed by atoms with Gasteiger partial charge in [0.25, 0.3) is 5.91 Å². The van der Waals surface area contributed by atoms with Crippen LogP contribution in [-0.4, -0.2) is 128 Å². The van der Waals surface area contributed by atoms with E-state index in [0.717, 1.165) is 94.1 Å². The minimum Gasteiger partial charge on any atom is -0.496 e. The van der Waals surface area contributed by atoms with Crippen LogP contribution >= 0.6 is 11.6 Å². The second kappa shape index (κ2) is 22.9.